The highest BCUT2D eigenvalue weighted by molar-refractivity contribution is 5.90. The zero-order chi connectivity index (χ0) is 23.9. The van der Waals surface area contributed by atoms with Gasteiger partial charge in [-0.2, -0.15) is 5.26 Å². The summed E-state index contributed by atoms with van der Waals surface area (Å²) in [6, 6.07) is 22.2. The van der Waals surface area contributed by atoms with Crippen LogP contribution in [-0.2, 0) is 13.0 Å². The summed E-state index contributed by atoms with van der Waals surface area (Å²) >= 11 is 0. The minimum atomic E-state index is 0.433. The Kier molecular flexibility index (Phi) is 7.10. The van der Waals surface area contributed by atoms with E-state index in [2.05, 4.69) is 53.8 Å². The Hall–Kier alpha value is -4.30. The zero-order valence-corrected chi connectivity index (χ0v) is 19.5. The van der Waals surface area contributed by atoms with Gasteiger partial charge in [0, 0.05) is 5.56 Å². The monoisotopic (exact) mass is 449 g/mol. The smallest absolute Gasteiger partial charge is 0.165 e. The van der Waals surface area contributed by atoms with E-state index in [4.69, 9.17) is 9.47 Å². The predicted molar refractivity (Wildman–Crippen MR) is 137 cm³/mol. The lowest BCUT2D eigenvalue weighted by atomic mass is 10.0. The molecule has 0 saturated heterocycles. The molecule has 0 atom stereocenters. The molecule has 4 aromatic rings. The van der Waals surface area contributed by atoms with Crippen molar-refractivity contribution in [1.29, 1.82) is 5.26 Å². The molecule has 1 heterocycles. The zero-order valence-electron chi connectivity index (χ0n) is 19.5. The SMILES string of the molecule is C=CCc1cc(/C=C(\C#N)c2nc3ccccc3[nH]2)cc(OCC)c1OCc1ccc(C)cc1. The first-order chi connectivity index (χ1) is 16.6. The number of ether oxygens (including phenoxy) is 2. The Labute approximate surface area is 200 Å². The molecule has 0 unspecified atom stereocenters. The van der Waals surface area contributed by atoms with Gasteiger partial charge in [0.2, 0.25) is 0 Å². The van der Waals surface area contributed by atoms with Crippen LogP contribution in [0.15, 0.2) is 73.3 Å². The van der Waals surface area contributed by atoms with Crippen LogP contribution >= 0.6 is 0 Å². The number of nitriles is 1. The normalized spacial score (nSPS) is 11.3. The Morgan fingerprint density at radius 1 is 1.12 bits per heavy atom. The number of hydrogen-bond acceptors (Lipinski definition) is 4. The van der Waals surface area contributed by atoms with Gasteiger partial charge >= 0.3 is 0 Å². The van der Waals surface area contributed by atoms with Gasteiger partial charge in [-0.25, -0.2) is 4.98 Å². The first kappa shape index (κ1) is 22.9. The van der Waals surface area contributed by atoms with Crippen molar-refractivity contribution < 1.29 is 9.47 Å². The Bertz CT molecular complexity index is 1340. The first-order valence-electron chi connectivity index (χ1n) is 11.3. The number of rotatable bonds is 9. The molecule has 34 heavy (non-hydrogen) atoms. The second-order valence-corrected chi connectivity index (χ2v) is 7.98. The maximum absolute atomic E-state index is 9.85. The second kappa shape index (κ2) is 10.5. The number of aromatic nitrogens is 2. The van der Waals surface area contributed by atoms with Crippen LogP contribution in [0.3, 0.4) is 0 Å². The highest BCUT2D eigenvalue weighted by atomic mass is 16.5. The molecule has 5 nitrogen and oxygen atoms in total. The van der Waals surface area contributed by atoms with Gasteiger partial charge in [-0.1, -0.05) is 48.0 Å². The third-order valence-electron chi connectivity index (χ3n) is 5.40. The number of aryl methyl sites for hydroxylation is 1. The van der Waals surface area contributed by atoms with Crippen LogP contribution in [0.5, 0.6) is 11.5 Å². The van der Waals surface area contributed by atoms with E-state index in [0.717, 1.165) is 27.7 Å². The molecule has 5 heteroatoms. The van der Waals surface area contributed by atoms with Crippen molar-refractivity contribution in [3.63, 3.8) is 0 Å². The molecule has 0 aliphatic rings. The van der Waals surface area contributed by atoms with E-state index in [-0.39, 0.29) is 0 Å². The molecule has 170 valence electrons. The third kappa shape index (κ3) is 5.19. The number of para-hydroxylation sites is 2. The van der Waals surface area contributed by atoms with Crippen LogP contribution < -0.4 is 9.47 Å². The van der Waals surface area contributed by atoms with Crippen molar-refractivity contribution in [3.05, 3.63) is 101 Å². The van der Waals surface area contributed by atoms with Gasteiger partial charge in [-0.05, 0) is 61.7 Å². The highest BCUT2D eigenvalue weighted by Crippen LogP contribution is 2.36. The number of nitrogens with one attached hydrogen (secondary N) is 1. The molecular formula is C29H27N3O2. The maximum Gasteiger partial charge on any atom is 0.165 e. The molecule has 0 bridgehead atoms. The first-order valence-corrected chi connectivity index (χ1v) is 11.3. The van der Waals surface area contributed by atoms with E-state index in [1.165, 1.54) is 5.56 Å². The summed E-state index contributed by atoms with van der Waals surface area (Å²) < 4.78 is 12.2. The minimum absolute atomic E-state index is 0.433. The summed E-state index contributed by atoms with van der Waals surface area (Å²) in [6.07, 6.45) is 4.26. The largest absolute Gasteiger partial charge is 0.490 e. The molecule has 0 amide bonds. The average molecular weight is 450 g/mol. The molecule has 3 aromatic carbocycles. The van der Waals surface area contributed by atoms with E-state index in [0.29, 0.717) is 42.5 Å². The van der Waals surface area contributed by atoms with Crippen LogP contribution in [-0.4, -0.2) is 16.6 Å². The molecule has 0 radical (unpaired) electrons. The summed E-state index contributed by atoms with van der Waals surface area (Å²) in [5, 5.41) is 9.85. The van der Waals surface area contributed by atoms with Gasteiger partial charge < -0.3 is 14.5 Å². The number of hydrogen-bond donors (Lipinski definition) is 1. The molecule has 1 N–H and O–H groups in total. The number of benzene rings is 3. The lowest BCUT2D eigenvalue weighted by Crippen LogP contribution is -2.03. The van der Waals surface area contributed by atoms with Gasteiger partial charge in [0.05, 0.1) is 23.2 Å². The van der Waals surface area contributed by atoms with Crippen molar-refractivity contribution in [2.75, 3.05) is 6.61 Å². The van der Waals surface area contributed by atoms with Gasteiger partial charge in [-0.15, -0.1) is 6.58 Å². The lowest BCUT2D eigenvalue weighted by Gasteiger charge is -2.17. The standard InChI is InChI=1S/C29H27N3O2/c1-4-8-23-15-22(16-24(18-30)29-31-25-9-6-7-10-26(25)32-29)17-27(33-5-2)28(23)34-19-21-13-11-20(3)12-14-21/h4,6-7,9-17H,1,5,8,19H2,2-3H3,(H,31,32)/b24-16+. The van der Waals surface area contributed by atoms with Crippen LogP contribution in [0.1, 0.15) is 35.0 Å². The summed E-state index contributed by atoms with van der Waals surface area (Å²) in [7, 11) is 0. The van der Waals surface area contributed by atoms with Crippen LogP contribution in [0, 0.1) is 18.3 Å². The molecule has 0 saturated carbocycles. The fourth-order valence-corrected chi connectivity index (χ4v) is 3.74. The number of aromatic amines is 1. The minimum Gasteiger partial charge on any atom is -0.490 e. The number of fused-ring (bicyclic) bond motifs is 1. The van der Waals surface area contributed by atoms with Crippen LogP contribution in [0.25, 0.3) is 22.7 Å². The molecule has 4 rings (SSSR count). The molecule has 0 spiro atoms. The number of imidazole rings is 1. The van der Waals surface area contributed by atoms with Crippen molar-refractivity contribution in [2.24, 2.45) is 0 Å². The number of H-pyrrole nitrogens is 1. The second-order valence-electron chi connectivity index (χ2n) is 7.98. The number of nitrogens with zero attached hydrogens (tertiary/aromatic N) is 2. The van der Waals surface area contributed by atoms with E-state index in [9.17, 15) is 5.26 Å². The molecule has 0 fully saturated rings. The fourth-order valence-electron chi connectivity index (χ4n) is 3.74. The molecular weight excluding hydrogens is 422 g/mol. The summed E-state index contributed by atoms with van der Waals surface area (Å²) in [5.41, 5.74) is 6.22. The molecule has 1 aromatic heterocycles. The van der Waals surface area contributed by atoms with Gasteiger partial charge in [-0.3, -0.25) is 0 Å². The third-order valence-corrected chi connectivity index (χ3v) is 5.40. The topological polar surface area (TPSA) is 70.9 Å². The summed E-state index contributed by atoms with van der Waals surface area (Å²) in [4.78, 5) is 7.79. The summed E-state index contributed by atoms with van der Waals surface area (Å²) in [6.45, 7) is 8.83. The van der Waals surface area contributed by atoms with Gasteiger partial charge in [0.1, 0.15) is 18.5 Å². The van der Waals surface area contributed by atoms with Crippen molar-refractivity contribution in [1.82, 2.24) is 9.97 Å². The van der Waals surface area contributed by atoms with Crippen LogP contribution in [0.4, 0.5) is 0 Å². The van der Waals surface area contributed by atoms with Crippen molar-refractivity contribution >= 4 is 22.7 Å². The Balaban J connectivity index is 1.71. The van der Waals surface area contributed by atoms with E-state index in [1.54, 1.807) is 0 Å². The Morgan fingerprint density at radius 3 is 2.62 bits per heavy atom. The van der Waals surface area contributed by atoms with Gasteiger partial charge in [0.15, 0.2) is 11.5 Å². The quantitative estimate of drug-likeness (QED) is 0.230. The summed E-state index contributed by atoms with van der Waals surface area (Å²) in [5.74, 6) is 1.87. The van der Waals surface area contributed by atoms with Crippen LogP contribution in [0.2, 0.25) is 0 Å². The fraction of sp³-hybridized carbons (Fsp3) is 0.172. The Morgan fingerprint density at radius 2 is 1.91 bits per heavy atom. The van der Waals surface area contributed by atoms with E-state index >= 15 is 0 Å². The average Bonchev–Trinajstić information content (AvgIpc) is 3.27. The predicted octanol–water partition coefficient (Wildman–Crippen LogP) is 6.64. The van der Waals surface area contributed by atoms with E-state index < -0.39 is 0 Å². The van der Waals surface area contributed by atoms with Crippen molar-refractivity contribution in [3.8, 4) is 17.6 Å². The van der Waals surface area contributed by atoms with E-state index in [1.807, 2.05) is 55.5 Å². The molecule has 0 aliphatic carbocycles. The number of allylic oxidation sites excluding steroid dienone is 2. The molecule has 0 aliphatic heterocycles. The van der Waals surface area contributed by atoms with Gasteiger partial charge in [0.25, 0.3) is 0 Å². The lowest BCUT2D eigenvalue weighted by molar-refractivity contribution is 0.267. The highest BCUT2D eigenvalue weighted by Gasteiger charge is 2.15. The van der Waals surface area contributed by atoms with Crippen molar-refractivity contribution in [2.45, 2.75) is 26.9 Å². The maximum atomic E-state index is 9.85.